The predicted molar refractivity (Wildman–Crippen MR) is 101 cm³/mol. The second kappa shape index (κ2) is 7.00. The van der Waals surface area contributed by atoms with Gasteiger partial charge >= 0.3 is 0 Å². The van der Waals surface area contributed by atoms with Crippen LogP contribution in [0.1, 0.15) is 22.8 Å². The van der Waals surface area contributed by atoms with E-state index in [1.807, 2.05) is 11.8 Å². The summed E-state index contributed by atoms with van der Waals surface area (Å²) in [6.45, 7) is 0.282. The van der Waals surface area contributed by atoms with Gasteiger partial charge in [0.05, 0.1) is 37.7 Å². The first kappa shape index (κ1) is 19.4. The van der Waals surface area contributed by atoms with Gasteiger partial charge in [0.15, 0.2) is 23.8 Å². The standard InChI is InChI=1S/C19H17F3N6O3/c1-10-7-30-14-6-28-15-13(4-25-28)17(29)24-8-19(21,22)9-31-18-11(2-12(20)3-23-18)5-27(10)16(14)26-15/h2-4,6,10H,5,7-9H2,1H3,(H,24,29)/t10-/m1/s1. The molecule has 1 N–H and O–H groups in total. The zero-order valence-electron chi connectivity index (χ0n) is 16.3. The van der Waals surface area contributed by atoms with Crippen LogP contribution in [0.5, 0.6) is 11.6 Å². The molecule has 0 radical (unpaired) electrons. The zero-order valence-corrected chi connectivity index (χ0v) is 16.3. The number of carbonyl (C=O) groups excluding carboxylic acids is 1. The fraction of sp³-hybridized carbons (Fsp3) is 0.368. The molecule has 2 aliphatic rings. The maximum Gasteiger partial charge on any atom is 0.298 e. The van der Waals surface area contributed by atoms with Crippen molar-refractivity contribution in [1.82, 2.24) is 24.9 Å². The van der Waals surface area contributed by atoms with E-state index in [2.05, 4.69) is 20.4 Å². The third-order valence-electron chi connectivity index (χ3n) is 5.13. The number of fused-ring (bicyclic) bond motifs is 1. The van der Waals surface area contributed by atoms with Gasteiger partial charge in [-0.3, -0.25) is 4.79 Å². The molecule has 0 aliphatic carbocycles. The van der Waals surface area contributed by atoms with Crippen LogP contribution in [0.4, 0.5) is 19.0 Å². The summed E-state index contributed by atoms with van der Waals surface area (Å²) >= 11 is 0. The number of nitrogens with zero attached hydrogens (tertiary/aromatic N) is 5. The molecule has 5 rings (SSSR count). The highest BCUT2D eigenvalue weighted by atomic mass is 19.3. The quantitative estimate of drug-likeness (QED) is 0.577. The molecule has 2 bridgehead atoms. The molecular formula is C19H17F3N6O3. The number of rotatable bonds is 0. The van der Waals surface area contributed by atoms with Gasteiger partial charge in [0.1, 0.15) is 18.0 Å². The van der Waals surface area contributed by atoms with Crippen LogP contribution in [0.3, 0.4) is 0 Å². The minimum absolute atomic E-state index is 0.0443. The van der Waals surface area contributed by atoms with E-state index < -0.39 is 30.8 Å². The monoisotopic (exact) mass is 434 g/mol. The Morgan fingerprint density at radius 2 is 2.13 bits per heavy atom. The zero-order chi connectivity index (χ0) is 21.8. The number of pyridine rings is 1. The molecule has 31 heavy (non-hydrogen) atoms. The number of ether oxygens (including phenoxy) is 2. The molecule has 1 amide bonds. The lowest BCUT2D eigenvalue weighted by atomic mass is 10.1. The number of hydrogen-bond acceptors (Lipinski definition) is 7. The van der Waals surface area contributed by atoms with Crippen molar-refractivity contribution in [3.8, 4) is 11.6 Å². The first-order valence-corrected chi connectivity index (χ1v) is 9.52. The van der Waals surface area contributed by atoms with Gasteiger partial charge in [-0.1, -0.05) is 0 Å². The lowest BCUT2D eigenvalue weighted by molar-refractivity contribution is -0.0390. The Balaban J connectivity index is 1.68. The smallest absolute Gasteiger partial charge is 0.298 e. The highest BCUT2D eigenvalue weighted by Crippen LogP contribution is 2.35. The number of aromatic nitrogens is 4. The van der Waals surface area contributed by atoms with Gasteiger partial charge in [-0.05, 0) is 13.0 Å². The van der Waals surface area contributed by atoms with Crippen molar-refractivity contribution >= 4 is 17.4 Å². The van der Waals surface area contributed by atoms with Crippen molar-refractivity contribution in [3.63, 3.8) is 0 Å². The van der Waals surface area contributed by atoms with E-state index in [9.17, 15) is 18.0 Å². The molecule has 12 heteroatoms. The summed E-state index contributed by atoms with van der Waals surface area (Å²) < 4.78 is 54.9. The number of alkyl halides is 2. The molecule has 0 saturated heterocycles. The number of halogens is 3. The van der Waals surface area contributed by atoms with Crippen LogP contribution < -0.4 is 19.7 Å². The fourth-order valence-electron chi connectivity index (χ4n) is 3.52. The molecule has 5 heterocycles. The van der Waals surface area contributed by atoms with Crippen molar-refractivity contribution in [2.24, 2.45) is 0 Å². The molecule has 0 spiro atoms. The Morgan fingerprint density at radius 1 is 1.29 bits per heavy atom. The number of carbonyl (C=O) groups is 1. The Morgan fingerprint density at radius 3 is 2.97 bits per heavy atom. The highest BCUT2D eigenvalue weighted by molar-refractivity contribution is 5.99. The molecule has 3 aromatic rings. The Kier molecular flexibility index (Phi) is 4.38. The highest BCUT2D eigenvalue weighted by Gasteiger charge is 2.34. The second-order valence-electron chi connectivity index (χ2n) is 7.49. The van der Waals surface area contributed by atoms with Gasteiger partial charge in [-0.2, -0.15) is 5.10 Å². The molecular weight excluding hydrogens is 417 g/mol. The van der Waals surface area contributed by atoms with Crippen LogP contribution in [0.15, 0.2) is 24.7 Å². The molecule has 0 saturated carbocycles. The molecule has 9 nitrogen and oxygen atoms in total. The molecule has 1 atom stereocenters. The van der Waals surface area contributed by atoms with Gasteiger partial charge in [-0.15, -0.1) is 0 Å². The number of anilines is 1. The lowest BCUT2D eigenvalue weighted by Crippen LogP contribution is -2.42. The van der Waals surface area contributed by atoms with E-state index in [1.165, 1.54) is 16.8 Å². The lowest BCUT2D eigenvalue weighted by Gasteiger charge is -2.36. The van der Waals surface area contributed by atoms with Gasteiger partial charge in [0.25, 0.3) is 11.8 Å². The average Bonchev–Trinajstić information content (AvgIpc) is 3.15. The Bertz CT molecular complexity index is 1180. The first-order valence-electron chi connectivity index (χ1n) is 9.52. The van der Waals surface area contributed by atoms with Crippen LogP contribution in [0.2, 0.25) is 0 Å². The summed E-state index contributed by atoms with van der Waals surface area (Å²) in [4.78, 5) is 22.7. The fourth-order valence-corrected chi connectivity index (χ4v) is 3.52. The van der Waals surface area contributed by atoms with Crippen molar-refractivity contribution < 1.29 is 27.4 Å². The van der Waals surface area contributed by atoms with E-state index in [4.69, 9.17) is 9.47 Å². The van der Waals surface area contributed by atoms with Crippen molar-refractivity contribution in [2.75, 3.05) is 24.7 Å². The maximum absolute atomic E-state index is 14.3. The van der Waals surface area contributed by atoms with Gasteiger partial charge in [-0.25, -0.2) is 27.7 Å². The second-order valence-corrected chi connectivity index (χ2v) is 7.49. The van der Waals surface area contributed by atoms with Gasteiger partial charge in [0, 0.05) is 5.56 Å². The summed E-state index contributed by atoms with van der Waals surface area (Å²) in [7, 11) is 0. The predicted octanol–water partition coefficient (Wildman–Crippen LogP) is 1.81. The normalized spacial score (nSPS) is 20.5. The summed E-state index contributed by atoms with van der Waals surface area (Å²) in [5, 5.41) is 6.28. The van der Waals surface area contributed by atoms with E-state index in [1.54, 1.807) is 6.20 Å². The Hall–Kier alpha value is -3.57. The molecule has 0 unspecified atom stereocenters. The van der Waals surface area contributed by atoms with Gasteiger partial charge in [0.2, 0.25) is 5.88 Å². The Labute approximate surface area is 173 Å². The summed E-state index contributed by atoms with van der Waals surface area (Å²) in [6, 6.07) is 1.01. The topological polar surface area (TPSA) is 93.9 Å². The summed E-state index contributed by atoms with van der Waals surface area (Å²) in [6.07, 6.45) is 3.72. The molecule has 162 valence electrons. The number of nitrogens with one attached hydrogen (secondary N) is 1. The molecule has 0 fully saturated rings. The molecule has 3 aromatic heterocycles. The van der Waals surface area contributed by atoms with Crippen molar-refractivity contribution in [2.45, 2.75) is 25.4 Å². The SMILES string of the molecule is C[C@@H]1COc2cn3ncc4c3nc2N1Cc1cc(F)cnc1OCC(F)(F)CNC4=O. The van der Waals surface area contributed by atoms with Crippen LogP contribution >= 0.6 is 0 Å². The number of amides is 1. The summed E-state index contributed by atoms with van der Waals surface area (Å²) in [5.74, 6) is -4.02. The minimum atomic E-state index is -3.38. The molecule has 2 aliphatic heterocycles. The van der Waals surface area contributed by atoms with E-state index >= 15 is 0 Å². The van der Waals surface area contributed by atoms with E-state index in [0.29, 0.717) is 18.2 Å². The van der Waals surface area contributed by atoms with E-state index in [-0.39, 0.29) is 35.2 Å². The van der Waals surface area contributed by atoms with Crippen molar-refractivity contribution in [3.05, 3.63) is 41.6 Å². The summed E-state index contributed by atoms with van der Waals surface area (Å²) in [5.41, 5.74) is 0.517. The average molecular weight is 434 g/mol. The maximum atomic E-state index is 14.3. The van der Waals surface area contributed by atoms with Gasteiger partial charge < -0.3 is 19.7 Å². The van der Waals surface area contributed by atoms with Crippen LogP contribution in [-0.2, 0) is 6.54 Å². The van der Waals surface area contributed by atoms with Crippen LogP contribution in [0, 0.1) is 5.82 Å². The van der Waals surface area contributed by atoms with E-state index in [0.717, 1.165) is 6.20 Å². The number of hydrogen-bond donors (Lipinski definition) is 1. The van der Waals surface area contributed by atoms with Crippen LogP contribution in [-0.4, -0.2) is 57.2 Å². The molecule has 0 aromatic carbocycles. The minimum Gasteiger partial charge on any atom is -0.486 e. The largest absolute Gasteiger partial charge is 0.486 e. The van der Waals surface area contributed by atoms with Crippen LogP contribution in [0.25, 0.3) is 5.65 Å². The van der Waals surface area contributed by atoms with Crippen molar-refractivity contribution in [1.29, 1.82) is 0 Å². The first-order chi connectivity index (χ1) is 14.8. The third-order valence-corrected chi connectivity index (χ3v) is 5.13. The third kappa shape index (κ3) is 3.47.